The second-order valence-electron chi connectivity index (χ2n) is 3.84. The monoisotopic (exact) mass is 475 g/mol. The van der Waals surface area contributed by atoms with Gasteiger partial charge in [0.2, 0.25) is 0 Å². The second-order valence-corrected chi connectivity index (χ2v) is 3.84. The van der Waals surface area contributed by atoms with E-state index in [2.05, 4.69) is 0 Å². The van der Waals surface area contributed by atoms with Gasteiger partial charge in [-0.05, 0) is 34.1 Å². The van der Waals surface area contributed by atoms with Gasteiger partial charge in [0.25, 0.3) is 0 Å². The first-order chi connectivity index (χ1) is 11.5. The Morgan fingerprint density at radius 3 is 0.933 bits per heavy atom. The predicted octanol–water partition coefficient (Wildman–Crippen LogP) is -17.7. The summed E-state index contributed by atoms with van der Waals surface area (Å²) in [5.74, 6) is -6.53. The Morgan fingerprint density at radius 2 is 0.833 bits per heavy atom. The molecule has 0 radical (unpaired) electrons. The van der Waals surface area contributed by atoms with Gasteiger partial charge in [-0.25, -0.2) is 0 Å². The normalized spacial score (nSPS) is 7.50. The number of carbonyl (C=O) groups is 6. The van der Waals surface area contributed by atoms with E-state index in [1.54, 1.807) is 0 Å². The van der Waals surface area contributed by atoms with Crippen LogP contribution in [-0.2, 0) is 28.8 Å². The van der Waals surface area contributed by atoms with Crippen molar-refractivity contribution in [3.8, 4) is 0 Å². The molecule has 1 unspecified atom stereocenters. The number of aliphatic carboxylic acids is 6. The molecule has 154 valence electrons. The number of hydrogen-bond donors (Lipinski definition) is 3. The van der Waals surface area contributed by atoms with Crippen LogP contribution in [0.4, 0.5) is 0 Å². The smallest absolute Gasteiger partial charge is 0.550 e. The largest absolute Gasteiger partial charge is 1.00 e. The van der Waals surface area contributed by atoms with Crippen molar-refractivity contribution < 1.29 is 178 Å². The quantitative estimate of drug-likeness (QED) is 0.319. The van der Waals surface area contributed by atoms with Crippen molar-refractivity contribution in [1.82, 2.24) is 0 Å². The minimum Gasteiger partial charge on any atom is -0.550 e. The number of carboxylic acids is 6. The van der Waals surface area contributed by atoms with E-state index in [-0.39, 0.29) is 131 Å². The Hall–Kier alpha value is 0.780. The summed E-state index contributed by atoms with van der Waals surface area (Å²) in [6, 6.07) is -1.06. The second kappa shape index (κ2) is 43.6. The SMILES string of the molecule is CC(=O)[O-].CC(=O)[O-].CC(=O)[O-].CC(=O)[O-].NC(CCC(=O)O)C(=O)O.[Na+].[Na+].[Na+].[Na+]. The standard InChI is InChI=1S/C5H9NO4.4C2H4O2.4Na/c6-3(5(9)10)1-2-4(7)8;4*1-2(3)4;;;;/h3H,1-2,6H2,(H,7,8)(H,9,10);4*1H3,(H,3,4);;;;/q;;;;;4*+1/p-4. The number of hydrogen-bond acceptors (Lipinski definition) is 11. The van der Waals surface area contributed by atoms with Gasteiger partial charge in [0.1, 0.15) is 6.04 Å². The summed E-state index contributed by atoms with van der Waals surface area (Å²) in [6.07, 6.45) is -0.224. The maximum Gasteiger partial charge on any atom is 1.00 e. The van der Waals surface area contributed by atoms with Crippen LogP contribution in [0, 0.1) is 0 Å². The zero-order valence-electron chi connectivity index (χ0n) is 18.5. The first-order valence-electron chi connectivity index (χ1n) is 6.37. The molecule has 1 atom stereocenters. The van der Waals surface area contributed by atoms with E-state index in [4.69, 9.17) is 55.6 Å². The Labute approximate surface area is 262 Å². The van der Waals surface area contributed by atoms with E-state index >= 15 is 0 Å². The van der Waals surface area contributed by atoms with E-state index in [1.807, 2.05) is 0 Å². The maximum atomic E-state index is 9.99. The van der Waals surface area contributed by atoms with Crippen LogP contribution < -0.4 is 144 Å². The van der Waals surface area contributed by atoms with E-state index in [0.29, 0.717) is 0 Å². The summed E-state index contributed by atoms with van der Waals surface area (Å²) in [7, 11) is 0. The van der Waals surface area contributed by atoms with Gasteiger partial charge in [-0.3, -0.25) is 9.59 Å². The van der Waals surface area contributed by atoms with Gasteiger partial charge in [0, 0.05) is 30.3 Å². The molecular formula is C13H21NNa4O12. The fourth-order valence-corrected chi connectivity index (χ4v) is 0.402. The Morgan fingerprint density at radius 1 is 0.667 bits per heavy atom. The molecule has 0 saturated carbocycles. The molecule has 4 N–H and O–H groups in total. The third-order valence-electron chi connectivity index (χ3n) is 0.986. The van der Waals surface area contributed by atoms with Gasteiger partial charge in [-0.15, -0.1) is 0 Å². The Bertz CT molecular complexity index is 399. The number of rotatable bonds is 4. The molecule has 0 saturated heterocycles. The molecular weight excluding hydrogens is 454 g/mol. The average molecular weight is 475 g/mol. The summed E-state index contributed by atoms with van der Waals surface area (Å²) in [5, 5.41) is 51.8. The van der Waals surface area contributed by atoms with Crippen molar-refractivity contribution >= 4 is 35.8 Å². The van der Waals surface area contributed by atoms with Crippen molar-refractivity contribution in [3.63, 3.8) is 0 Å². The molecule has 0 spiro atoms. The van der Waals surface area contributed by atoms with Crippen molar-refractivity contribution in [1.29, 1.82) is 0 Å². The molecule has 0 fully saturated rings. The maximum absolute atomic E-state index is 9.99. The summed E-state index contributed by atoms with van der Waals surface area (Å²) >= 11 is 0. The Balaban J connectivity index is -0.0000000273. The van der Waals surface area contributed by atoms with Crippen LogP contribution in [0.5, 0.6) is 0 Å². The minimum atomic E-state index is -1.17. The molecule has 0 aliphatic carbocycles. The topological polar surface area (TPSA) is 261 Å². The van der Waals surface area contributed by atoms with Crippen LogP contribution in [-0.4, -0.2) is 52.1 Å². The summed E-state index contributed by atoms with van der Waals surface area (Å²) in [4.78, 5) is 55.4. The summed E-state index contributed by atoms with van der Waals surface area (Å²) < 4.78 is 0. The first-order valence-corrected chi connectivity index (χ1v) is 6.37. The van der Waals surface area contributed by atoms with Crippen molar-refractivity contribution in [3.05, 3.63) is 0 Å². The van der Waals surface area contributed by atoms with E-state index < -0.39 is 41.9 Å². The summed E-state index contributed by atoms with van der Waals surface area (Å²) in [6.45, 7) is 3.89. The van der Waals surface area contributed by atoms with Crippen molar-refractivity contribution in [2.45, 2.75) is 46.6 Å². The number of carbonyl (C=O) groups excluding carboxylic acids is 4. The third kappa shape index (κ3) is 232. The van der Waals surface area contributed by atoms with Gasteiger partial charge in [0.05, 0.1) is 0 Å². The fourth-order valence-electron chi connectivity index (χ4n) is 0.402. The number of carboxylic acid groups (broad SMARTS) is 6. The molecule has 0 aromatic rings. The average Bonchev–Trinajstić information content (AvgIpc) is 2.32. The molecule has 0 rings (SSSR count). The molecule has 17 heteroatoms. The van der Waals surface area contributed by atoms with E-state index in [1.165, 1.54) is 0 Å². The van der Waals surface area contributed by atoms with E-state index in [9.17, 15) is 9.59 Å². The zero-order valence-corrected chi connectivity index (χ0v) is 26.5. The molecule has 30 heavy (non-hydrogen) atoms. The van der Waals surface area contributed by atoms with Crippen LogP contribution >= 0.6 is 0 Å². The van der Waals surface area contributed by atoms with Gasteiger partial charge >= 0.3 is 130 Å². The molecule has 0 heterocycles. The van der Waals surface area contributed by atoms with Gasteiger partial charge < -0.3 is 55.6 Å². The predicted molar refractivity (Wildman–Crippen MR) is 75.2 cm³/mol. The third-order valence-corrected chi connectivity index (χ3v) is 0.986. The van der Waals surface area contributed by atoms with Gasteiger partial charge in [-0.2, -0.15) is 0 Å². The number of nitrogens with two attached hydrogens (primary N) is 1. The molecule has 0 aliphatic rings. The van der Waals surface area contributed by atoms with Crippen molar-refractivity contribution in [2.75, 3.05) is 0 Å². The molecule has 0 bridgehead atoms. The van der Waals surface area contributed by atoms with E-state index in [0.717, 1.165) is 27.7 Å². The molecule has 0 aliphatic heterocycles. The first kappa shape index (κ1) is 57.5. The summed E-state index contributed by atoms with van der Waals surface area (Å²) in [5.41, 5.74) is 5.00. The van der Waals surface area contributed by atoms with Crippen LogP contribution in [0.15, 0.2) is 0 Å². The van der Waals surface area contributed by atoms with Crippen LogP contribution in [0.1, 0.15) is 40.5 Å². The minimum absolute atomic E-state index is 0. The molecule has 13 nitrogen and oxygen atoms in total. The van der Waals surface area contributed by atoms with Crippen LogP contribution in [0.25, 0.3) is 0 Å². The van der Waals surface area contributed by atoms with Crippen molar-refractivity contribution in [2.24, 2.45) is 5.73 Å². The Kier molecular flexibility index (Phi) is 83.7. The van der Waals surface area contributed by atoms with Crippen LogP contribution in [0.2, 0.25) is 0 Å². The van der Waals surface area contributed by atoms with Gasteiger partial charge in [-0.1, -0.05) is 0 Å². The molecule has 0 amide bonds. The van der Waals surface area contributed by atoms with Crippen LogP contribution in [0.3, 0.4) is 0 Å². The zero-order chi connectivity index (χ0) is 22.5. The fraction of sp³-hybridized carbons (Fsp3) is 0.538. The molecule has 0 aromatic carbocycles. The molecule has 0 aromatic heterocycles. The van der Waals surface area contributed by atoms with Gasteiger partial charge in [0.15, 0.2) is 0 Å².